The van der Waals surface area contributed by atoms with Crippen molar-refractivity contribution in [3.05, 3.63) is 29.6 Å². The van der Waals surface area contributed by atoms with Gasteiger partial charge in [-0.2, -0.15) is 0 Å². The van der Waals surface area contributed by atoms with Crippen molar-refractivity contribution in [1.82, 2.24) is 9.80 Å². The van der Waals surface area contributed by atoms with Crippen LogP contribution in [0.3, 0.4) is 0 Å². The van der Waals surface area contributed by atoms with Crippen LogP contribution in [0, 0.1) is 17.2 Å². The summed E-state index contributed by atoms with van der Waals surface area (Å²) >= 11 is 0. The van der Waals surface area contributed by atoms with E-state index in [-0.39, 0.29) is 35.7 Å². The van der Waals surface area contributed by atoms with Crippen LogP contribution in [0.4, 0.5) is 4.39 Å². The first-order valence-electron chi connectivity index (χ1n) is 10.4. The Balaban J connectivity index is 0.00000225. The summed E-state index contributed by atoms with van der Waals surface area (Å²) in [6.07, 6.45) is 6.29. The quantitative estimate of drug-likeness (QED) is 0.673. The molecule has 6 heteroatoms. The summed E-state index contributed by atoms with van der Waals surface area (Å²) in [7, 11) is 1.90. The molecule has 28 heavy (non-hydrogen) atoms. The minimum atomic E-state index is -0.207. The van der Waals surface area contributed by atoms with E-state index in [1.165, 1.54) is 12.8 Å². The minimum Gasteiger partial charge on any atom is -0.487 e. The molecule has 4 nitrogen and oxygen atoms in total. The van der Waals surface area contributed by atoms with Gasteiger partial charge in [-0.15, -0.1) is 12.4 Å². The molecule has 1 aliphatic heterocycles. The molecule has 3 aliphatic rings. The number of carbonyl (C=O) groups excluding carboxylic acids is 1. The monoisotopic (exact) mass is 410 g/mol. The second-order valence-electron chi connectivity index (χ2n) is 9.04. The van der Waals surface area contributed by atoms with Gasteiger partial charge in [-0.1, -0.05) is 19.1 Å². The molecule has 0 N–H and O–H groups in total. The molecular weight excluding hydrogens is 379 g/mol. The summed E-state index contributed by atoms with van der Waals surface area (Å²) in [5.74, 6) is 0.904. The fourth-order valence-corrected chi connectivity index (χ4v) is 4.38. The van der Waals surface area contributed by atoms with Crippen LogP contribution in [0.25, 0.3) is 0 Å². The van der Waals surface area contributed by atoms with E-state index < -0.39 is 0 Å². The number of ether oxygens (including phenoxy) is 1. The summed E-state index contributed by atoms with van der Waals surface area (Å²) in [5.41, 5.74) is 0.626. The van der Waals surface area contributed by atoms with E-state index in [0.717, 1.165) is 50.9 Å². The number of amides is 1. The first-order chi connectivity index (χ1) is 12.9. The topological polar surface area (TPSA) is 32.8 Å². The third-order valence-corrected chi connectivity index (χ3v) is 6.52. The second kappa shape index (κ2) is 8.58. The zero-order valence-corrected chi connectivity index (χ0v) is 17.8. The Morgan fingerprint density at radius 3 is 2.61 bits per heavy atom. The molecule has 0 unspecified atom stereocenters. The minimum absolute atomic E-state index is 0. The number of benzene rings is 1. The average Bonchev–Trinajstić information content (AvgIpc) is 3.15. The number of nitrogens with zero attached hydrogens (tertiary/aromatic N) is 2. The van der Waals surface area contributed by atoms with Crippen LogP contribution in [-0.4, -0.2) is 48.5 Å². The van der Waals surface area contributed by atoms with Crippen LogP contribution in [0.1, 0.15) is 51.0 Å². The molecule has 0 bridgehead atoms. The predicted molar refractivity (Wildman–Crippen MR) is 110 cm³/mol. The average molecular weight is 411 g/mol. The van der Waals surface area contributed by atoms with E-state index >= 15 is 0 Å². The van der Waals surface area contributed by atoms with E-state index in [2.05, 4.69) is 11.8 Å². The van der Waals surface area contributed by atoms with Gasteiger partial charge in [-0.3, -0.25) is 9.69 Å². The van der Waals surface area contributed by atoms with Crippen molar-refractivity contribution in [2.24, 2.45) is 11.3 Å². The highest BCUT2D eigenvalue weighted by atomic mass is 35.5. The molecule has 0 atom stereocenters. The second-order valence-corrected chi connectivity index (χ2v) is 9.04. The summed E-state index contributed by atoms with van der Waals surface area (Å²) in [6, 6.07) is 5.49. The Labute approximate surface area is 173 Å². The predicted octanol–water partition coefficient (Wildman–Crippen LogP) is 4.26. The highest BCUT2D eigenvalue weighted by Gasteiger charge is 2.47. The van der Waals surface area contributed by atoms with E-state index in [0.29, 0.717) is 18.2 Å². The van der Waals surface area contributed by atoms with Gasteiger partial charge < -0.3 is 9.64 Å². The van der Waals surface area contributed by atoms with Gasteiger partial charge in [0.2, 0.25) is 5.91 Å². The number of carbonyl (C=O) groups is 1. The normalized spacial score (nSPS) is 25.5. The number of hydrogen-bond donors (Lipinski definition) is 0. The molecule has 2 saturated carbocycles. The Bertz CT molecular complexity index is 698. The number of likely N-dealkylation sites (tertiary alicyclic amines) is 1. The van der Waals surface area contributed by atoms with Crippen molar-refractivity contribution >= 4 is 18.3 Å². The Morgan fingerprint density at radius 2 is 1.96 bits per heavy atom. The SMILES string of the molecule is CN(CC1CC(Oc2cccc(CN3CCCC3)c2F)C1)C(=O)C1(C)CC1.Cl. The fraction of sp³-hybridized carbons (Fsp3) is 0.682. The lowest BCUT2D eigenvalue weighted by Crippen LogP contribution is -2.43. The fourth-order valence-electron chi connectivity index (χ4n) is 4.38. The Hall–Kier alpha value is -1.33. The number of halogens is 2. The molecule has 2 aliphatic carbocycles. The molecule has 1 amide bonds. The zero-order chi connectivity index (χ0) is 19.0. The highest BCUT2D eigenvalue weighted by molar-refractivity contribution is 5.85. The lowest BCUT2D eigenvalue weighted by molar-refractivity contribution is -0.136. The van der Waals surface area contributed by atoms with Crippen molar-refractivity contribution < 1.29 is 13.9 Å². The first-order valence-corrected chi connectivity index (χ1v) is 10.4. The van der Waals surface area contributed by atoms with Crippen LogP contribution in [0.15, 0.2) is 18.2 Å². The van der Waals surface area contributed by atoms with Crippen LogP contribution in [-0.2, 0) is 11.3 Å². The maximum Gasteiger partial charge on any atom is 0.228 e. The maximum atomic E-state index is 14.8. The molecule has 0 spiro atoms. The van der Waals surface area contributed by atoms with Crippen molar-refractivity contribution in [1.29, 1.82) is 0 Å². The Kier molecular flexibility index (Phi) is 6.55. The highest BCUT2D eigenvalue weighted by Crippen LogP contribution is 2.46. The molecule has 1 aromatic carbocycles. The van der Waals surface area contributed by atoms with Crippen molar-refractivity contribution in [2.75, 3.05) is 26.7 Å². The molecule has 156 valence electrons. The van der Waals surface area contributed by atoms with E-state index in [9.17, 15) is 9.18 Å². The number of hydrogen-bond acceptors (Lipinski definition) is 3. The van der Waals surface area contributed by atoms with Gasteiger partial charge in [-0.25, -0.2) is 4.39 Å². The Morgan fingerprint density at radius 1 is 1.29 bits per heavy atom. The zero-order valence-electron chi connectivity index (χ0n) is 17.0. The molecule has 4 rings (SSSR count). The lowest BCUT2D eigenvalue weighted by atomic mass is 9.81. The van der Waals surface area contributed by atoms with Crippen LogP contribution >= 0.6 is 12.4 Å². The maximum absolute atomic E-state index is 14.8. The van der Waals surface area contributed by atoms with Gasteiger partial charge in [0.1, 0.15) is 0 Å². The van der Waals surface area contributed by atoms with E-state index in [1.807, 2.05) is 24.1 Å². The summed E-state index contributed by atoms with van der Waals surface area (Å²) in [5, 5.41) is 0. The molecule has 3 fully saturated rings. The smallest absolute Gasteiger partial charge is 0.228 e. The van der Waals surface area contributed by atoms with E-state index in [4.69, 9.17) is 4.74 Å². The molecule has 0 radical (unpaired) electrons. The largest absolute Gasteiger partial charge is 0.487 e. The molecule has 1 saturated heterocycles. The van der Waals surface area contributed by atoms with Gasteiger partial charge in [0.05, 0.1) is 6.10 Å². The van der Waals surface area contributed by atoms with Crippen LogP contribution in [0.5, 0.6) is 5.75 Å². The van der Waals surface area contributed by atoms with Gasteiger partial charge in [0.15, 0.2) is 11.6 Å². The van der Waals surface area contributed by atoms with E-state index in [1.54, 1.807) is 6.07 Å². The lowest BCUT2D eigenvalue weighted by Gasteiger charge is -2.38. The molecule has 1 heterocycles. The van der Waals surface area contributed by atoms with Crippen molar-refractivity contribution in [3.63, 3.8) is 0 Å². The standard InChI is InChI=1S/C22H31FN2O2.ClH/c1-22(8-9-22)21(26)24(2)14-16-12-18(13-16)27-19-7-5-6-17(20(19)23)15-25-10-3-4-11-25;/h5-7,16,18H,3-4,8-15H2,1-2H3;1H. The third kappa shape index (κ3) is 4.62. The van der Waals surface area contributed by atoms with Gasteiger partial charge in [0, 0.05) is 31.1 Å². The van der Waals surface area contributed by atoms with Gasteiger partial charge >= 0.3 is 0 Å². The van der Waals surface area contributed by atoms with Crippen molar-refractivity contribution in [2.45, 2.75) is 58.1 Å². The van der Waals surface area contributed by atoms with Gasteiger partial charge in [-0.05, 0) is 63.6 Å². The van der Waals surface area contributed by atoms with Gasteiger partial charge in [0.25, 0.3) is 0 Å². The third-order valence-electron chi connectivity index (χ3n) is 6.52. The first kappa shape index (κ1) is 21.4. The molecular formula is C22H32ClFN2O2. The van der Waals surface area contributed by atoms with Crippen molar-refractivity contribution in [3.8, 4) is 5.75 Å². The summed E-state index contributed by atoms with van der Waals surface area (Å²) in [4.78, 5) is 16.5. The van der Waals surface area contributed by atoms with Crippen LogP contribution < -0.4 is 4.74 Å². The summed E-state index contributed by atoms with van der Waals surface area (Å²) in [6.45, 7) is 5.62. The molecule has 1 aromatic rings. The van der Waals surface area contributed by atoms with Crippen LogP contribution in [0.2, 0.25) is 0 Å². The number of rotatable bonds is 7. The summed E-state index contributed by atoms with van der Waals surface area (Å²) < 4.78 is 20.7. The molecule has 0 aromatic heterocycles.